The fourth-order valence-electron chi connectivity index (χ4n) is 2.72. The van der Waals surface area contributed by atoms with Crippen molar-refractivity contribution in [1.82, 2.24) is 9.97 Å². The van der Waals surface area contributed by atoms with Crippen molar-refractivity contribution >= 4 is 18.5 Å². The van der Waals surface area contributed by atoms with E-state index in [1.165, 1.54) is 0 Å². The van der Waals surface area contributed by atoms with E-state index in [4.69, 9.17) is 12.1 Å². The number of hydrogen-bond acceptors (Lipinski definition) is 5. The first-order valence-electron chi connectivity index (χ1n) is 9.06. The maximum Gasteiger partial charge on any atom is 0.516 e. The molecule has 2 saturated heterocycles. The number of nitrogens with zero attached hydrogens (tertiary/aromatic N) is 3. The third-order valence-corrected chi connectivity index (χ3v) is 5.11. The Hall–Kier alpha value is -1.14. The number of aromatic nitrogens is 2. The van der Waals surface area contributed by atoms with Crippen LogP contribution >= 0.6 is 0 Å². The SMILES string of the molecule is [2H]c1nc([2H])c(N2CCC(C)CC2)nc1B1OC(C)(C)C(C)(C)O1. The maximum atomic E-state index is 8.11. The van der Waals surface area contributed by atoms with Crippen LogP contribution in [0.2, 0.25) is 0 Å². The van der Waals surface area contributed by atoms with Gasteiger partial charge < -0.3 is 14.2 Å². The Labute approximate surface area is 136 Å². The molecule has 0 amide bonds. The molecule has 0 aromatic carbocycles. The van der Waals surface area contributed by atoms with Gasteiger partial charge in [0.1, 0.15) is 5.82 Å². The number of hydrogen-bond donors (Lipinski definition) is 0. The monoisotopic (exact) mass is 305 g/mol. The molecule has 0 spiro atoms. The highest BCUT2D eigenvalue weighted by Crippen LogP contribution is 2.36. The molecule has 0 atom stereocenters. The quantitative estimate of drug-likeness (QED) is 0.782. The average molecular weight is 305 g/mol. The molecule has 0 aliphatic carbocycles. The molecule has 2 aliphatic rings. The van der Waals surface area contributed by atoms with Crippen LogP contribution in [0.4, 0.5) is 5.82 Å². The van der Waals surface area contributed by atoms with Gasteiger partial charge >= 0.3 is 7.12 Å². The molecule has 2 fully saturated rings. The van der Waals surface area contributed by atoms with Gasteiger partial charge in [0.05, 0.1) is 25.7 Å². The van der Waals surface area contributed by atoms with Gasteiger partial charge in [-0.3, -0.25) is 4.98 Å². The van der Waals surface area contributed by atoms with E-state index in [1.807, 2.05) is 27.7 Å². The van der Waals surface area contributed by atoms with Crippen molar-refractivity contribution in [2.24, 2.45) is 5.92 Å². The van der Waals surface area contributed by atoms with E-state index in [0.29, 0.717) is 17.3 Å². The second kappa shape index (κ2) is 5.50. The summed E-state index contributed by atoms with van der Waals surface area (Å²) in [4.78, 5) is 10.7. The number of piperidine rings is 1. The van der Waals surface area contributed by atoms with Crippen LogP contribution in [0.1, 0.15) is 50.2 Å². The number of anilines is 1. The van der Waals surface area contributed by atoms with Crippen molar-refractivity contribution in [2.45, 2.75) is 58.7 Å². The van der Waals surface area contributed by atoms with Crippen LogP contribution in [-0.2, 0) is 9.31 Å². The smallest absolute Gasteiger partial charge is 0.398 e. The topological polar surface area (TPSA) is 47.5 Å². The van der Waals surface area contributed by atoms with Crippen molar-refractivity contribution in [2.75, 3.05) is 18.0 Å². The van der Waals surface area contributed by atoms with Gasteiger partial charge in [-0.1, -0.05) is 6.92 Å². The first kappa shape index (κ1) is 13.3. The normalized spacial score (nSPS) is 26.0. The largest absolute Gasteiger partial charge is 0.516 e. The molecule has 3 rings (SSSR count). The van der Waals surface area contributed by atoms with Gasteiger partial charge in [-0.25, -0.2) is 4.98 Å². The molecular weight excluding hydrogens is 277 g/mol. The molecule has 0 N–H and O–H groups in total. The molecule has 5 nitrogen and oxygen atoms in total. The lowest BCUT2D eigenvalue weighted by molar-refractivity contribution is 0.00578. The highest BCUT2D eigenvalue weighted by atomic mass is 16.7. The fraction of sp³-hybridized carbons (Fsp3) is 0.750. The molecule has 0 radical (unpaired) electrons. The molecule has 3 heterocycles. The third-order valence-electron chi connectivity index (χ3n) is 5.11. The zero-order valence-corrected chi connectivity index (χ0v) is 14.1. The summed E-state index contributed by atoms with van der Waals surface area (Å²) in [6.07, 6.45) is 2.16. The minimum atomic E-state index is -0.724. The van der Waals surface area contributed by atoms with E-state index in [0.717, 1.165) is 25.9 Å². The molecule has 0 unspecified atom stereocenters. The van der Waals surface area contributed by atoms with Crippen molar-refractivity contribution in [3.63, 3.8) is 0 Å². The molecule has 22 heavy (non-hydrogen) atoms. The third kappa shape index (κ3) is 2.86. The fourth-order valence-corrected chi connectivity index (χ4v) is 2.72. The summed E-state index contributed by atoms with van der Waals surface area (Å²) in [6.45, 7) is 11.8. The lowest BCUT2D eigenvalue weighted by Gasteiger charge is -2.32. The Balaban J connectivity index is 1.91. The Morgan fingerprint density at radius 2 is 1.77 bits per heavy atom. The minimum Gasteiger partial charge on any atom is -0.398 e. The Morgan fingerprint density at radius 3 is 2.36 bits per heavy atom. The van der Waals surface area contributed by atoms with Gasteiger partial charge in [0, 0.05) is 19.3 Å². The lowest BCUT2D eigenvalue weighted by atomic mass is 9.85. The number of rotatable bonds is 2. The summed E-state index contributed by atoms with van der Waals surface area (Å²) < 4.78 is 28.2. The van der Waals surface area contributed by atoms with E-state index in [1.54, 1.807) is 0 Å². The van der Waals surface area contributed by atoms with Crippen molar-refractivity contribution < 1.29 is 12.1 Å². The van der Waals surface area contributed by atoms with Crippen LogP contribution in [0.25, 0.3) is 0 Å². The van der Waals surface area contributed by atoms with Crippen LogP contribution in [0.15, 0.2) is 12.3 Å². The van der Waals surface area contributed by atoms with Crippen molar-refractivity contribution in [3.05, 3.63) is 12.3 Å². The van der Waals surface area contributed by atoms with E-state index in [-0.39, 0.29) is 12.3 Å². The van der Waals surface area contributed by atoms with Gasteiger partial charge in [-0.15, -0.1) is 0 Å². The highest BCUT2D eigenvalue weighted by molar-refractivity contribution is 6.61. The first-order chi connectivity index (χ1) is 11.1. The van der Waals surface area contributed by atoms with Crippen LogP contribution < -0.4 is 10.5 Å². The van der Waals surface area contributed by atoms with E-state index >= 15 is 0 Å². The van der Waals surface area contributed by atoms with Crippen LogP contribution in [0.3, 0.4) is 0 Å². The van der Waals surface area contributed by atoms with E-state index in [2.05, 4.69) is 21.8 Å². The van der Waals surface area contributed by atoms with Crippen LogP contribution in [-0.4, -0.2) is 41.4 Å². The maximum absolute atomic E-state index is 8.11. The van der Waals surface area contributed by atoms with Crippen molar-refractivity contribution in [1.29, 1.82) is 0 Å². The summed E-state index contributed by atoms with van der Waals surface area (Å²) in [5.41, 5.74) is -0.628. The summed E-state index contributed by atoms with van der Waals surface area (Å²) >= 11 is 0. The summed E-state index contributed by atoms with van der Waals surface area (Å²) in [5.74, 6) is 1.23. The van der Waals surface area contributed by atoms with Crippen molar-refractivity contribution in [3.8, 4) is 0 Å². The molecule has 0 saturated carbocycles. The molecule has 1 aromatic rings. The average Bonchev–Trinajstić information content (AvgIpc) is 2.68. The zero-order valence-electron chi connectivity index (χ0n) is 16.1. The standard InChI is InChI=1S/C16H26BN3O2/c1-12-6-8-20(9-7-12)14-11-18-10-13(19-14)17-21-15(2,3)16(4,5)22-17/h10-12H,6-9H2,1-5H3/i10D,11D. The second-order valence-corrected chi connectivity index (χ2v) is 7.41. The molecule has 1 aromatic heterocycles. The lowest BCUT2D eigenvalue weighted by Crippen LogP contribution is -2.41. The molecule has 0 bridgehead atoms. The van der Waals surface area contributed by atoms with Crippen LogP contribution in [0.5, 0.6) is 0 Å². The Morgan fingerprint density at radius 1 is 1.18 bits per heavy atom. The second-order valence-electron chi connectivity index (χ2n) is 7.41. The Bertz CT molecular complexity index is 618. The Kier molecular flexibility index (Phi) is 3.33. The molecule has 2 aliphatic heterocycles. The molecule has 6 heteroatoms. The first-order valence-corrected chi connectivity index (χ1v) is 8.06. The van der Waals surface area contributed by atoms with Gasteiger partial charge in [-0.2, -0.15) is 0 Å². The zero-order chi connectivity index (χ0) is 17.7. The van der Waals surface area contributed by atoms with E-state index < -0.39 is 18.3 Å². The van der Waals surface area contributed by atoms with Gasteiger partial charge in [0.2, 0.25) is 0 Å². The predicted molar refractivity (Wildman–Crippen MR) is 88.4 cm³/mol. The van der Waals surface area contributed by atoms with Crippen LogP contribution in [0, 0.1) is 5.92 Å². The van der Waals surface area contributed by atoms with Gasteiger partial charge in [0.25, 0.3) is 0 Å². The minimum absolute atomic E-state index is 0.0485. The summed E-state index contributed by atoms with van der Waals surface area (Å²) in [7, 11) is -0.724. The van der Waals surface area contributed by atoms with E-state index in [9.17, 15) is 0 Å². The highest BCUT2D eigenvalue weighted by Gasteiger charge is 2.52. The predicted octanol–water partition coefficient (Wildman–Crippen LogP) is 2.01. The molecular formula is C16H26BN3O2. The van der Waals surface area contributed by atoms with Gasteiger partial charge in [-0.05, 0) is 46.5 Å². The summed E-state index contributed by atoms with van der Waals surface area (Å²) in [5, 5.41) is 0. The molecule has 120 valence electrons. The van der Waals surface area contributed by atoms with Gasteiger partial charge in [0.15, 0.2) is 0 Å². The summed E-state index contributed by atoms with van der Waals surface area (Å²) in [6, 6.07) is 0.